The number of hydrazone groups is 1. The second-order valence-corrected chi connectivity index (χ2v) is 7.29. The number of halogens is 1. The van der Waals surface area contributed by atoms with Crippen molar-refractivity contribution >= 4 is 45.9 Å². The number of ether oxygens (including phenoxy) is 1. The van der Waals surface area contributed by atoms with Gasteiger partial charge in [-0.15, -0.1) is 0 Å². The zero-order chi connectivity index (χ0) is 20.1. The summed E-state index contributed by atoms with van der Waals surface area (Å²) in [6.07, 6.45) is 1.47. The van der Waals surface area contributed by atoms with Crippen LogP contribution in [0.4, 0.5) is 10.8 Å². The van der Waals surface area contributed by atoms with Crippen LogP contribution in [0.2, 0.25) is 5.15 Å². The number of carbonyl (C=O) groups is 1. The predicted octanol–water partition coefficient (Wildman–Crippen LogP) is 3.51. The Balaban J connectivity index is 1.58. The molecule has 0 aliphatic rings. The van der Waals surface area contributed by atoms with Gasteiger partial charge in [0.25, 0.3) is 5.91 Å². The first-order chi connectivity index (χ1) is 13.4. The van der Waals surface area contributed by atoms with E-state index in [4.69, 9.17) is 16.3 Å². The molecule has 0 bridgehead atoms. The standard InChI is InChI=1S/C18H19ClN6O2S/c1-11-8-12(2)25(24-11)10-16(26)23-20-9-15-17(19)22-18(28-15)21-13-4-6-14(27-3)7-5-13/h4-9H,10H2,1-3H3,(H,21,22)(H,23,26)/b20-9+. The van der Waals surface area contributed by atoms with Crippen LogP contribution in [0.3, 0.4) is 0 Å². The third kappa shape index (κ3) is 5.08. The molecule has 10 heteroatoms. The molecule has 0 aliphatic carbocycles. The van der Waals surface area contributed by atoms with Crippen molar-refractivity contribution in [3.63, 3.8) is 0 Å². The summed E-state index contributed by atoms with van der Waals surface area (Å²) in [6, 6.07) is 9.35. The summed E-state index contributed by atoms with van der Waals surface area (Å²) in [5, 5.41) is 12.3. The maximum atomic E-state index is 12.0. The number of nitrogens with one attached hydrogen (secondary N) is 2. The van der Waals surface area contributed by atoms with E-state index in [-0.39, 0.29) is 12.5 Å². The van der Waals surface area contributed by atoms with E-state index in [1.54, 1.807) is 11.8 Å². The average Bonchev–Trinajstić information content (AvgIpc) is 3.16. The minimum atomic E-state index is -0.278. The normalized spacial score (nSPS) is 11.0. The molecule has 0 aliphatic heterocycles. The molecular formula is C18H19ClN6O2S. The minimum Gasteiger partial charge on any atom is -0.497 e. The second kappa shape index (κ2) is 8.85. The Morgan fingerprint density at radius 1 is 1.36 bits per heavy atom. The highest BCUT2D eigenvalue weighted by Gasteiger charge is 2.09. The number of benzene rings is 1. The molecule has 0 radical (unpaired) electrons. The molecule has 3 aromatic rings. The van der Waals surface area contributed by atoms with Crippen LogP contribution in [0.1, 0.15) is 16.3 Å². The highest BCUT2D eigenvalue weighted by atomic mass is 35.5. The molecule has 2 aromatic heterocycles. The van der Waals surface area contributed by atoms with Gasteiger partial charge >= 0.3 is 0 Å². The summed E-state index contributed by atoms with van der Waals surface area (Å²) in [6.45, 7) is 3.87. The lowest BCUT2D eigenvalue weighted by molar-refractivity contribution is -0.121. The number of methoxy groups -OCH3 is 1. The summed E-state index contributed by atoms with van der Waals surface area (Å²) in [4.78, 5) is 16.9. The first-order valence-electron chi connectivity index (χ1n) is 8.35. The molecule has 1 aromatic carbocycles. The monoisotopic (exact) mass is 418 g/mol. The number of aryl methyl sites for hydroxylation is 2. The number of anilines is 2. The molecule has 0 fully saturated rings. The molecule has 3 rings (SSSR count). The summed E-state index contributed by atoms with van der Waals surface area (Å²) in [5.74, 6) is 0.492. The van der Waals surface area contributed by atoms with Gasteiger partial charge in [0.15, 0.2) is 10.3 Å². The minimum absolute atomic E-state index is 0.0950. The lowest BCUT2D eigenvalue weighted by Crippen LogP contribution is -2.24. The number of hydrogen-bond donors (Lipinski definition) is 2. The second-order valence-electron chi connectivity index (χ2n) is 5.91. The molecule has 0 atom stereocenters. The zero-order valence-corrected chi connectivity index (χ0v) is 17.1. The Kier molecular flexibility index (Phi) is 6.27. The summed E-state index contributed by atoms with van der Waals surface area (Å²) in [5.41, 5.74) is 5.10. The van der Waals surface area contributed by atoms with E-state index in [0.29, 0.717) is 15.2 Å². The van der Waals surface area contributed by atoms with E-state index in [0.717, 1.165) is 22.8 Å². The van der Waals surface area contributed by atoms with Crippen LogP contribution in [-0.2, 0) is 11.3 Å². The fourth-order valence-electron chi connectivity index (χ4n) is 2.41. The lowest BCUT2D eigenvalue weighted by Gasteiger charge is -2.03. The molecule has 0 saturated heterocycles. The fourth-order valence-corrected chi connectivity index (χ4v) is 3.46. The van der Waals surface area contributed by atoms with E-state index in [2.05, 4.69) is 25.9 Å². The summed E-state index contributed by atoms with van der Waals surface area (Å²) in [7, 11) is 1.62. The van der Waals surface area contributed by atoms with Gasteiger partial charge < -0.3 is 10.1 Å². The van der Waals surface area contributed by atoms with E-state index in [1.807, 2.05) is 44.2 Å². The van der Waals surface area contributed by atoms with Gasteiger partial charge in [-0.25, -0.2) is 10.4 Å². The molecule has 2 heterocycles. The lowest BCUT2D eigenvalue weighted by atomic mass is 10.3. The first kappa shape index (κ1) is 19.8. The Bertz CT molecular complexity index is 996. The van der Waals surface area contributed by atoms with E-state index in [9.17, 15) is 4.79 Å². The Morgan fingerprint density at radius 2 is 2.11 bits per heavy atom. The summed E-state index contributed by atoms with van der Waals surface area (Å²) < 4.78 is 6.75. The van der Waals surface area contributed by atoms with Crippen molar-refractivity contribution in [2.45, 2.75) is 20.4 Å². The van der Waals surface area contributed by atoms with Crippen molar-refractivity contribution in [3.8, 4) is 5.75 Å². The van der Waals surface area contributed by atoms with Gasteiger partial charge in [-0.2, -0.15) is 10.2 Å². The number of aromatic nitrogens is 3. The highest BCUT2D eigenvalue weighted by molar-refractivity contribution is 7.17. The molecule has 0 unspecified atom stereocenters. The van der Waals surface area contributed by atoms with Crippen molar-refractivity contribution in [1.82, 2.24) is 20.2 Å². The van der Waals surface area contributed by atoms with E-state index in [1.165, 1.54) is 17.6 Å². The van der Waals surface area contributed by atoms with Crippen LogP contribution in [-0.4, -0.2) is 34.0 Å². The number of nitrogens with zero attached hydrogens (tertiary/aromatic N) is 4. The van der Waals surface area contributed by atoms with E-state index >= 15 is 0 Å². The largest absolute Gasteiger partial charge is 0.497 e. The maximum Gasteiger partial charge on any atom is 0.261 e. The van der Waals surface area contributed by atoms with Crippen LogP contribution < -0.4 is 15.5 Å². The van der Waals surface area contributed by atoms with Gasteiger partial charge in [0, 0.05) is 11.4 Å². The van der Waals surface area contributed by atoms with Crippen molar-refractivity contribution in [3.05, 3.63) is 51.7 Å². The van der Waals surface area contributed by atoms with Crippen LogP contribution >= 0.6 is 22.9 Å². The third-order valence-electron chi connectivity index (χ3n) is 3.72. The number of amides is 1. The van der Waals surface area contributed by atoms with Crippen LogP contribution in [0, 0.1) is 13.8 Å². The topological polar surface area (TPSA) is 93.4 Å². The molecular weight excluding hydrogens is 400 g/mol. The van der Waals surface area contributed by atoms with Gasteiger partial charge in [0.2, 0.25) is 0 Å². The third-order valence-corrected chi connectivity index (χ3v) is 5.02. The molecule has 28 heavy (non-hydrogen) atoms. The van der Waals surface area contributed by atoms with Crippen LogP contribution in [0.25, 0.3) is 0 Å². The van der Waals surface area contributed by atoms with Crippen molar-refractivity contribution in [2.24, 2.45) is 5.10 Å². The first-order valence-corrected chi connectivity index (χ1v) is 9.54. The number of carbonyl (C=O) groups excluding carboxylic acids is 1. The zero-order valence-electron chi connectivity index (χ0n) is 15.6. The van der Waals surface area contributed by atoms with Gasteiger partial charge in [-0.3, -0.25) is 9.48 Å². The highest BCUT2D eigenvalue weighted by Crippen LogP contribution is 2.28. The number of hydrogen-bond acceptors (Lipinski definition) is 7. The molecule has 0 saturated carbocycles. The van der Waals surface area contributed by atoms with Gasteiger partial charge in [0.05, 0.1) is 23.9 Å². The Morgan fingerprint density at radius 3 is 2.75 bits per heavy atom. The van der Waals surface area contributed by atoms with Gasteiger partial charge in [0.1, 0.15) is 12.3 Å². The molecule has 8 nitrogen and oxygen atoms in total. The molecule has 0 spiro atoms. The van der Waals surface area contributed by atoms with Gasteiger partial charge in [-0.1, -0.05) is 22.9 Å². The molecule has 1 amide bonds. The van der Waals surface area contributed by atoms with Crippen LogP contribution in [0.15, 0.2) is 35.4 Å². The number of thiazole rings is 1. The quantitative estimate of drug-likeness (QED) is 0.452. The van der Waals surface area contributed by atoms with Crippen molar-refractivity contribution in [2.75, 3.05) is 12.4 Å². The predicted molar refractivity (Wildman–Crippen MR) is 111 cm³/mol. The Labute approximate surface area is 171 Å². The maximum absolute atomic E-state index is 12.0. The van der Waals surface area contributed by atoms with E-state index < -0.39 is 0 Å². The number of rotatable bonds is 7. The SMILES string of the molecule is COc1ccc(Nc2nc(Cl)c(/C=N/NC(=O)Cn3nc(C)cc3C)s2)cc1. The molecule has 2 N–H and O–H groups in total. The molecule has 146 valence electrons. The van der Waals surface area contributed by atoms with Crippen LogP contribution in [0.5, 0.6) is 5.75 Å². The summed E-state index contributed by atoms with van der Waals surface area (Å²) >= 11 is 7.47. The Hall–Kier alpha value is -2.91. The smallest absolute Gasteiger partial charge is 0.261 e. The average molecular weight is 419 g/mol. The van der Waals surface area contributed by atoms with Gasteiger partial charge in [-0.05, 0) is 44.2 Å². The fraction of sp³-hybridized carbons (Fsp3) is 0.222. The van der Waals surface area contributed by atoms with Crippen molar-refractivity contribution < 1.29 is 9.53 Å². The van der Waals surface area contributed by atoms with Crippen molar-refractivity contribution in [1.29, 1.82) is 0 Å².